The van der Waals surface area contributed by atoms with E-state index in [2.05, 4.69) is 34.5 Å². The highest BCUT2D eigenvalue weighted by Crippen LogP contribution is 2.51. The van der Waals surface area contributed by atoms with E-state index in [1.54, 1.807) is 6.92 Å². The van der Waals surface area contributed by atoms with Gasteiger partial charge in [0, 0.05) is 13.0 Å². The number of likely N-dealkylation sites (tertiary alicyclic amines) is 1. The number of piperidine rings is 1. The van der Waals surface area contributed by atoms with Crippen molar-refractivity contribution in [2.75, 3.05) is 13.1 Å². The summed E-state index contributed by atoms with van der Waals surface area (Å²) in [6.07, 6.45) is 10.9. The van der Waals surface area contributed by atoms with Gasteiger partial charge in [-0.05, 0) is 86.4 Å². The Hall–Kier alpha value is -1.35. The summed E-state index contributed by atoms with van der Waals surface area (Å²) < 4.78 is 0. The highest BCUT2D eigenvalue weighted by atomic mass is 16.1. The summed E-state index contributed by atoms with van der Waals surface area (Å²) in [7, 11) is 0. The monoisotopic (exact) mass is 352 g/mol. The largest absolute Gasteiger partial charge is 0.350 e. The van der Waals surface area contributed by atoms with Crippen LogP contribution in [0, 0.1) is 11.8 Å². The van der Waals surface area contributed by atoms with Crippen LogP contribution in [-0.4, -0.2) is 29.9 Å². The van der Waals surface area contributed by atoms with Gasteiger partial charge >= 0.3 is 0 Å². The van der Waals surface area contributed by atoms with Gasteiger partial charge in [0.25, 0.3) is 0 Å². The second kappa shape index (κ2) is 6.37. The number of nitrogens with zero attached hydrogens (tertiary/aromatic N) is 1. The van der Waals surface area contributed by atoms with Crippen LogP contribution in [0.3, 0.4) is 0 Å². The van der Waals surface area contributed by atoms with Crippen LogP contribution in [0.25, 0.3) is 0 Å². The highest BCUT2D eigenvalue weighted by Gasteiger charge is 2.47. The third-order valence-corrected chi connectivity index (χ3v) is 8.12. The van der Waals surface area contributed by atoms with Crippen molar-refractivity contribution in [3.63, 3.8) is 0 Å². The van der Waals surface area contributed by atoms with Crippen LogP contribution in [0.5, 0.6) is 0 Å². The third kappa shape index (κ3) is 2.70. The number of hydrogen-bond acceptors (Lipinski definition) is 2. The lowest BCUT2D eigenvalue weighted by Crippen LogP contribution is -2.50. The van der Waals surface area contributed by atoms with Crippen LogP contribution in [0.4, 0.5) is 0 Å². The minimum atomic E-state index is 0.0897. The number of carbonyl (C=O) groups excluding carboxylic acids is 1. The summed E-state index contributed by atoms with van der Waals surface area (Å²) >= 11 is 0. The van der Waals surface area contributed by atoms with E-state index >= 15 is 0 Å². The summed E-state index contributed by atoms with van der Waals surface area (Å²) in [4.78, 5) is 14.5. The molecule has 0 radical (unpaired) electrons. The minimum absolute atomic E-state index is 0.0897. The molecule has 1 spiro atoms. The van der Waals surface area contributed by atoms with Gasteiger partial charge in [-0.25, -0.2) is 0 Å². The van der Waals surface area contributed by atoms with Crippen molar-refractivity contribution >= 4 is 5.91 Å². The van der Waals surface area contributed by atoms with E-state index in [4.69, 9.17) is 0 Å². The first-order chi connectivity index (χ1) is 12.6. The Bertz CT molecular complexity index is 691. The number of hydrogen-bond donors (Lipinski definition) is 1. The van der Waals surface area contributed by atoms with Gasteiger partial charge < -0.3 is 10.2 Å². The zero-order chi connectivity index (χ0) is 17.7. The Morgan fingerprint density at radius 2 is 1.88 bits per heavy atom. The van der Waals surface area contributed by atoms with E-state index in [1.165, 1.54) is 69.2 Å². The topological polar surface area (TPSA) is 32.3 Å². The molecule has 1 aromatic carbocycles. The van der Waals surface area contributed by atoms with Gasteiger partial charge in [0.05, 0.1) is 6.04 Å². The van der Waals surface area contributed by atoms with Crippen molar-refractivity contribution in [3.8, 4) is 0 Å². The molecule has 4 aliphatic rings. The van der Waals surface area contributed by atoms with Gasteiger partial charge in [-0.3, -0.25) is 4.79 Å². The molecule has 1 N–H and O–H groups in total. The fourth-order valence-corrected chi connectivity index (χ4v) is 6.85. The number of rotatable bonds is 2. The molecule has 1 aliphatic heterocycles. The van der Waals surface area contributed by atoms with Crippen LogP contribution in [-0.2, 0) is 10.2 Å². The maximum Gasteiger partial charge on any atom is 0.217 e. The summed E-state index contributed by atoms with van der Waals surface area (Å²) in [5.74, 6) is 2.12. The summed E-state index contributed by atoms with van der Waals surface area (Å²) in [6, 6.07) is 10.0. The lowest BCUT2D eigenvalue weighted by molar-refractivity contribution is -0.119. The number of amides is 1. The summed E-state index contributed by atoms with van der Waals surface area (Å²) in [5.41, 5.74) is 3.25. The van der Waals surface area contributed by atoms with Crippen LogP contribution in [0.1, 0.15) is 75.5 Å². The van der Waals surface area contributed by atoms with Crippen molar-refractivity contribution in [1.82, 2.24) is 10.2 Å². The molecule has 3 nitrogen and oxygen atoms in total. The predicted molar refractivity (Wildman–Crippen MR) is 104 cm³/mol. The Morgan fingerprint density at radius 1 is 1.08 bits per heavy atom. The predicted octanol–water partition coefficient (Wildman–Crippen LogP) is 4.18. The molecule has 2 saturated carbocycles. The van der Waals surface area contributed by atoms with E-state index in [1.807, 2.05) is 0 Å². The number of carbonyl (C=O) groups is 1. The zero-order valence-electron chi connectivity index (χ0n) is 16.0. The van der Waals surface area contributed by atoms with Crippen molar-refractivity contribution < 1.29 is 4.79 Å². The van der Waals surface area contributed by atoms with Crippen LogP contribution < -0.4 is 5.32 Å². The lowest BCUT2D eigenvalue weighted by atomic mass is 9.63. The summed E-state index contributed by atoms with van der Waals surface area (Å²) in [6.45, 7) is 4.18. The van der Waals surface area contributed by atoms with Gasteiger partial charge in [0.2, 0.25) is 5.91 Å². The zero-order valence-corrected chi connectivity index (χ0v) is 16.0. The van der Waals surface area contributed by atoms with Crippen LogP contribution >= 0.6 is 0 Å². The first kappa shape index (κ1) is 16.8. The van der Waals surface area contributed by atoms with Gasteiger partial charge in [-0.1, -0.05) is 30.7 Å². The SMILES string of the molecule is CC(=O)N[C@@H]1CCC2(CCN([C@@H]3C[C@@H]4CC[C@@H]3C4)CC2)c2ccccc21. The molecule has 1 amide bonds. The molecule has 2 bridgehead atoms. The number of nitrogens with one attached hydrogen (secondary N) is 1. The van der Waals surface area contributed by atoms with E-state index in [9.17, 15) is 4.79 Å². The van der Waals surface area contributed by atoms with Crippen molar-refractivity contribution in [1.29, 1.82) is 0 Å². The Balaban J connectivity index is 1.34. The smallest absolute Gasteiger partial charge is 0.217 e. The van der Waals surface area contributed by atoms with Crippen molar-refractivity contribution in [2.24, 2.45) is 11.8 Å². The maximum absolute atomic E-state index is 11.6. The van der Waals surface area contributed by atoms with E-state index in [-0.39, 0.29) is 11.9 Å². The first-order valence-corrected chi connectivity index (χ1v) is 10.8. The molecule has 5 rings (SSSR count). The summed E-state index contributed by atoms with van der Waals surface area (Å²) in [5, 5.41) is 3.18. The lowest BCUT2D eigenvalue weighted by Gasteiger charge is -2.49. The molecule has 3 fully saturated rings. The normalized spacial score (nSPS) is 35.4. The van der Waals surface area contributed by atoms with Gasteiger partial charge in [-0.2, -0.15) is 0 Å². The van der Waals surface area contributed by atoms with Crippen LogP contribution in [0.15, 0.2) is 24.3 Å². The molecular formula is C23H32N2O. The van der Waals surface area contributed by atoms with Crippen molar-refractivity contribution in [3.05, 3.63) is 35.4 Å². The minimum Gasteiger partial charge on any atom is -0.350 e. The van der Waals surface area contributed by atoms with E-state index in [0.29, 0.717) is 5.41 Å². The van der Waals surface area contributed by atoms with Gasteiger partial charge in [-0.15, -0.1) is 0 Å². The molecule has 3 heteroatoms. The standard InChI is InChI=1S/C23H32N2O/c1-16(26)24-21-8-9-23(20-5-3-2-4-19(20)21)10-12-25(13-11-23)22-15-17-6-7-18(22)14-17/h2-5,17-18,21-22H,6-15H2,1H3,(H,24,26)/t17-,18-,21-,22-/m1/s1. The molecule has 1 heterocycles. The molecule has 4 atom stereocenters. The number of fused-ring (bicyclic) bond motifs is 4. The Morgan fingerprint density at radius 3 is 2.58 bits per heavy atom. The maximum atomic E-state index is 11.6. The molecule has 0 aromatic heterocycles. The fourth-order valence-electron chi connectivity index (χ4n) is 6.85. The second-order valence-corrected chi connectivity index (χ2v) is 9.44. The molecule has 3 aliphatic carbocycles. The third-order valence-electron chi connectivity index (χ3n) is 8.12. The fraction of sp³-hybridized carbons (Fsp3) is 0.696. The van der Waals surface area contributed by atoms with E-state index < -0.39 is 0 Å². The first-order valence-electron chi connectivity index (χ1n) is 10.8. The molecule has 26 heavy (non-hydrogen) atoms. The quantitative estimate of drug-likeness (QED) is 0.866. The average molecular weight is 353 g/mol. The highest BCUT2D eigenvalue weighted by molar-refractivity contribution is 5.73. The molecule has 1 aromatic rings. The van der Waals surface area contributed by atoms with Gasteiger partial charge in [0.15, 0.2) is 0 Å². The Kier molecular flexibility index (Phi) is 4.11. The molecular weight excluding hydrogens is 320 g/mol. The number of benzene rings is 1. The molecule has 0 unspecified atom stereocenters. The second-order valence-electron chi connectivity index (χ2n) is 9.44. The molecule has 140 valence electrons. The average Bonchev–Trinajstić information content (AvgIpc) is 3.28. The van der Waals surface area contributed by atoms with Crippen molar-refractivity contribution in [2.45, 2.75) is 75.8 Å². The Labute approximate surface area is 157 Å². The van der Waals surface area contributed by atoms with Gasteiger partial charge in [0.1, 0.15) is 0 Å². The van der Waals surface area contributed by atoms with E-state index in [0.717, 1.165) is 24.3 Å². The molecule has 1 saturated heterocycles. The van der Waals surface area contributed by atoms with Crippen LogP contribution in [0.2, 0.25) is 0 Å².